The molecule has 3 aromatic rings. The van der Waals surface area contributed by atoms with Crippen molar-refractivity contribution >= 4 is 39.4 Å². The highest BCUT2D eigenvalue weighted by Crippen LogP contribution is 2.14. The number of carbonyl (C=O) groups is 2. The Morgan fingerprint density at radius 3 is 2.69 bits per heavy atom. The lowest BCUT2D eigenvalue weighted by Crippen LogP contribution is -2.31. The first-order valence-electron chi connectivity index (χ1n) is 9.27. The fourth-order valence-corrected chi connectivity index (χ4v) is 3.60. The second-order valence-electron chi connectivity index (χ2n) is 6.44. The summed E-state index contributed by atoms with van der Waals surface area (Å²) in [4.78, 5) is 45.3. The molecule has 0 saturated carbocycles. The molecule has 1 aromatic carbocycles. The maximum Gasteiger partial charge on any atom is 0.268 e. The molecule has 2 amide bonds. The molecule has 0 spiro atoms. The minimum atomic E-state index is -0.185. The van der Waals surface area contributed by atoms with Gasteiger partial charge in [-0.1, -0.05) is 19.1 Å². The molecule has 0 radical (unpaired) electrons. The molecule has 7 nitrogen and oxygen atoms in total. The molecule has 0 aliphatic rings. The van der Waals surface area contributed by atoms with Crippen molar-refractivity contribution in [2.75, 3.05) is 13.6 Å². The van der Waals surface area contributed by atoms with Crippen LogP contribution in [0.2, 0.25) is 0 Å². The first-order valence-corrected chi connectivity index (χ1v) is 10.1. The van der Waals surface area contributed by atoms with Gasteiger partial charge in [-0.2, -0.15) is 0 Å². The van der Waals surface area contributed by atoms with E-state index in [2.05, 4.69) is 15.3 Å². The van der Waals surface area contributed by atoms with E-state index >= 15 is 0 Å². The number of fused-ring (bicyclic) bond motifs is 1. The highest BCUT2D eigenvalue weighted by atomic mass is 32.1. The number of rotatable bonds is 7. The van der Waals surface area contributed by atoms with Crippen LogP contribution in [0.5, 0.6) is 0 Å². The Labute approximate surface area is 172 Å². The van der Waals surface area contributed by atoms with Crippen molar-refractivity contribution in [3.8, 4) is 0 Å². The highest BCUT2D eigenvalue weighted by molar-refractivity contribution is 7.17. The Hall–Kier alpha value is -3.26. The first-order chi connectivity index (χ1) is 14.0. The molecular formula is C21H22N4O3S. The van der Waals surface area contributed by atoms with Gasteiger partial charge in [0, 0.05) is 25.2 Å². The molecule has 2 aromatic heterocycles. The Kier molecular flexibility index (Phi) is 6.56. The highest BCUT2D eigenvalue weighted by Gasteiger charge is 2.13. The van der Waals surface area contributed by atoms with Crippen LogP contribution in [0.3, 0.4) is 0 Å². The van der Waals surface area contributed by atoms with E-state index in [4.69, 9.17) is 0 Å². The number of H-pyrrole nitrogens is 1. The number of thiophene rings is 1. The zero-order valence-corrected chi connectivity index (χ0v) is 17.1. The second kappa shape index (κ2) is 9.29. The fourth-order valence-electron chi connectivity index (χ4n) is 2.88. The topological polar surface area (TPSA) is 95.2 Å². The van der Waals surface area contributed by atoms with E-state index in [1.807, 2.05) is 12.3 Å². The quantitative estimate of drug-likeness (QED) is 0.586. The van der Waals surface area contributed by atoms with Gasteiger partial charge in [-0.15, -0.1) is 11.3 Å². The van der Waals surface area contributed by atoms with Crippen LogP contribution >= 0.6 is 11.3 Å². The summed E-state index contributed by atoms with van der Waals surface area (Å²) < 4.78 is 0.585. The summed E-state index contributed by atoms with van der Waals surface area (Å²) in [5.74, 6) is 0.135. The standard InChI is InChI=1S/C21H22N4O3S/c1-3-11-25(13-17-23-16-10-12-29-19(16)21(28)24-17)18(26)9-6-14-4-7-15(8-5-14)20(27)22-2/h4-10,12H,3,11,13H2,1-2H3,(H,22,27)(H,23,24,28)/b9-6+. The first kappa shape index (κ1) is 20.5. The fraction of sp³-hybridized carbons (Fsp3) is 0.238. The summed E-state index contributed by atoms with van der Waals surface area (Å²) >= 11 is 1.34. The molecule has 0 atom stereocenters. The zero-order chi connectivity index (χ0) is 20.8. The van der Waals surface area contributed by atoms with Crippen LogP contribution in [0.4, 0.5) is 0 Å². The molecule has 0 unspecified atom stereocenters. The average Bonchev–Trinajstić information content (AvgIpc) is 3.21. The van der Waals surface area contributed by atoms with Gasteiger partial charge in [0.1, 0.15) is 10.5 Å². The third kappa shape index (κ3) is 4.97. The second-order valence-corrected chi connectivity index (χ2v) is 7.36. The maximum atomic E-state index is 12.7. The lowest BCUT2D eigenvalue weighted by Gasteiger charge is -2.19. The van der Waals surface area contributed by atoms with Crippen LogP contribution in [-0.2, 0) is 11.3 Å². The number of benzene rings is 1. The van der Waals surface area contributed by atoms with Crippen LogP contribution in [0, 0.1) is 0 Å². The van der Waals surface area contributed by atoms with Crippen LogP contribution in [0.25, 0.3) is 16.3 Å². The van der Waals surface area contributed by atoms with Gasteiger partial charge in [0.25, 0.3) is 11.5 Å². The van der Waals surface area contributed by atoms with Gasteiger partial charge in [0.15, 0.2) is 0 Å². The third-order valence-corrected chi connectivity index (χ3v) is 5.23. The van der Waals surface area contributed by atoms with Gasteiger partial charge < -0.3 is 15.2 Å². The lowest BCUT2D eigenvalue weighted by molar-refractivity contribution is -0.126. The van der Waals surface area contributed by atoms with Crippen LogP contribution in [0.1, 0.15) is 35.1 Å². The normalized spacial score (nSPS) is 11.1. The van der Waals surface area contributed by atoms with Crippen molar-refractivity contribution in [1.82, 2.24) is 20.2 Å². The number of hydrogen-bond donors (Lipinski definition) is 2. The van der Waals surface area contributed by atoms with Crippen molar-refractivity contribution in [1.29, 1.82) is 0 Å². The number of hydrogen-bond acceptors (Lipinski definition) is 5. The van der Waals surface area contributed by atoms with E-state index < -0.39 is 0 Å². The molecule has 150 valence electrons. The van der Waals surface area contributed by atoms with Crippen molar-refractivity contribution in [3.05, 3.63) is 69.1 Å². The van der Waals surface area contributed by atoms with E-state index in [0.717, 1.165) is 12.0 Å². The minimum absolute atomic E-state index is 0.158. The summed E-state index contributed by atoms with van der Waals surface area (Å²) in [6.45, 7) is 2.76. The summed E-state index contributed by atoms with van der Waals surface area (Å²) in [5.41, 5.74) is 1.83. The molecule has 0 aliphatic heterocycles. The molecule has 2 N–H and O–H groups in total. The van der Waals surface area contributed by atoms with E-state index in [1.54, 1.807) is 48.4 Å². The van der Waals surface area contributed by atoms with Crippen molar-refractivity contribution in [3.63, 3.8) is 0 Å². The summed E-state index contributed by atoms with van der Waals surface area (Å²) in [6, 6.07) is 8.77. The molecule has 3 rings (SSSR count). The number of nitrogens with one attached hydrogen (secondary N) is 2. The van der Waals surface area contributed by atoms with Gasteiger partial charge in [-0.25, -0.2) is 4.98 Å². The largest absolute Gasteiger partial charge is 0.355 e. The molecule has 29 heavy (non-hydrogen) atoms. The summed E-state index contributed by atoms with van der Waals surface area (Å²) in [7, 11) is 1.58. The number of carbonyl (C=O) groups excluding carboxylic acids is 2. The molecule has 0 bridgehead atoms. The van der Waals surface area contributed by atoms with E-state index in [9.17, 15) is 14.4 Å². The predicted octanol–water partition coefficient (Wildman–Crippen LogP) is 2.80. The lowest BCUT2D eigenvalue weighted by atomic mass is 10.1. The maximum absolute atomic E-state index is 12.7. The van der Waals surface area contributed by atoms with E-state index in [-0.39, 0.29) is 23.9 Å². The van der Waals surface area contributed by atoms with Crippen LogP contribution < -0.4 is 10.9 Å². The molecular weight excluding hydrogens is 388 g/mol. The number of aromatic amines is 1. The number of amides is 2. The smallest absolute Gasteiger partial charge is 0.268 e. The van der Waals surface area contributed by atoms with Crippen LogP contribution in [0.15, 0.2) is 46.6 Å². The monoisotopic (exact) mass is 410 g/mol. The molecule has 0 saturated heterocycles. The third-order valence-electron chi connectivity index (χ3n) is 4.33. The molecule has 8 heteroatoms. The van der Waals surface area contributed by atoms with Gasteiger partial charge in [0.05, 0.1) is 12.1 Å². The molecule has 2 heterocycles. The SMILES string of the molecule is CCCN(Cc1nc2ccsc2c(=O)[nH]1)C(=O)/C=C/c1ccc(C(=O)NC)cc1. The van der Waals surface area contributed by atoms with Gasteiger partial charge >= 0.3 is 0 Å². The molecule has 0 fully saturated rings. The Morgan fingerprint density at radius 1 is 1.24 bits per heavy atom. The van der Waals surface area contributed by atoms with Crippen molar-refractivity contribution < 1.29 is 9.59 Å². The average molecular weight is 410 g/mol. The van der Waals surface area contributed by atoms with Crippen molar-refractivity contribution in [2.24, 2.45) is 0 Å². The Balaban J connectivity index is 1.73. The molecule has 0 aliphatic carbocycles. The van der Waals surface area contributed by atoms with Crippen molar-refractivity contribution in [2.45, 2.75) is 19.9 Å². The summed E-state index contributed by atoms with van der Waals surface area (Å²) in [5, 5.41) is 4.39. The van der Waals surface area contributed by atoms with E-state index in [1.165, 1.54) is 17.4 Å². The van der Waals surface area contributed by atoms with Gasteiger partial charge in [0.2, 0.25) is 5.91 Å². The zero-order valence-electron chi connectivity index (χ0n) is 16.3. The predicted molar refractivity (Wildman–Crippen MR) is 115 cm³/mol. The Bertz CT molecular complexity index is 1100. The number of aromatic nitrogens is 2. The number of nitrogens with zero attached hydrogens (tertiary/aromatic N) is 2. The van der Waals surface area contributed by atoms with Gasteiger partial charge in [-0.3, -0.25) is 14.4 Å². The van der Waals surface area contributed by atoms with E-state index in [0.29, 0.717) is 28.1 Å². The summed E-state index contributed by atoms with van der Waals surface area (Å²) in [6.07, 6.45) is 3.98. The minimum Gasteiger partial charge on any atom is -0.355 e. The Morgan fingerprint density at radius 2 is 2.00 bits per heavy atom. The van der Waals surface area contributed by atoms with Crippen LogP contribution in [-0.4, -0.2) is 40.3 Å². The van der Waals surface area contributed by atoms with Gasteiger partial charge in [-0.05, 0) is 41.6 Å².